The Labute approximate surface area is 100 Å². The van der Waals surface area contributed by atoms with E-state index in [9.17, 15) is 4.39 Å². The zero-order valence-electron chi connectivity index (χ0n) is 9.66. The monoisotopic (exact) mass is 237 g/mol. The maximum absolute atomic E-state index is 13.4. The van der Waals surface area contributed by atoms with E-state index in [4.69, 9.17) is 15.1 Å². The fourth-order valence-electron chi connectivity index (χ4n) is 1.44. The Balaban J connectivity index is 2.30. The second kappa shape index (κ2) is 7.64. The summed E-state index contributed by atoms with van der Waals surface area (Å²) in [6.07, 6.45) is 3.54. The highest BCUT2D eigenvalue weighted by atomic mass is 19.1. The summed E-state index contributed by atoms with van der Waals surface area (Å²) in [6.45, 7) is 0.666. The summed E-state index contributed by atoms with van der Waals surface area (Å²) in [5.41, 5.74) is 0.290. The van der Waals surface area contributed by atoms with Crippen molar-refractivity contribution >= 4 is 0 Å². The minimum absolute atomic E-state index is 0.186. The van der Waals surface area contributed by atoms with Gasteiger partial charge in [-0.05, 0) is 37.5 Å². The van der Waals surface area contributed by atoms with Crippen LogP contribution >= 0.6 is 0 Å². The molecule has 0 heterocycles. The lowest BCUT2D eigenvalue weighted by Crippen LogP contribution is -1.99. The molecule has 0 radical (unpaired) electrons. The van der Waals surface area contributed by atoms with Crippen molar-refractivity contribution in [3.8, 4) is 11.8 Å². The zero-order valence-corrected chi connectivity index (χ0v) is 9.66. The first kappa shape index (κ1) is 13.5. The number of benzene rings is 1. The Morgan fingerprint density at radius 2 is 2.00 bits per heavy atom. The van der Waals surface area contributed by atoms with E-state index in [-0.39, 0.29) is 17.9 Å². The lowest BCUT2D eigenvalue weighted by molar-refractivity contribution is 0.269. The van der Waals surface area contributed by atoms with E-state index in [0.717, 1.165) is 25.7 Å². The predicted octanol–water partition coefficient (Wildman–Crippen LogP) is 2.63. The van der Waals surface area contributed by atoms with Crippen molar-refractivity contribution in [1.82, 2.24) is 0 Å². The van der Waals surface area contributed by atoms with Crippen LogP contribution in [0.3, 0.4) is 0 Å². The third kappa shape index (κ3) is 4.83. The predicted molar refractivity (Wildman–Crippen MR) is 62.2 cm³/mol. The Bertz CT molecular complexity index is 387. The Morgan fingerprint density at radius 3 is 2.65 bits per heavy atom. The molecule has 0 aliphatic heterocycles. The smallest absolute Gasteiger partial charge is 0.166 e. The molecule has 0 atom stereocenters. The van der Waals surface area contributed by atoms with E-state index in [2.05, 4.69) is 0 Å². The number of nitrogens with zero attached hydrogens (tertiary/aromatic N) is 1. The van der Waals surface area contributed by atoms with E-state index in [1.54, 1.807) is 0 Å². The summed E-state index contributed by atoms with van der Waals surface area (Å²) in [4.78, 5) is 0. The topological polar surface area (TPSA) is 53.2 Å². The summed E-state index contributed by atoms with van der Waals surface area (Å²) >= 11 is 0. The van der Waals surface area contributed by atoms with Crippen LogP contribution in [0.25, 0.3) is 0 Å². The number of halogens is 1. The Hall–Kier alpha value is -1.60. The van der Waals surface area contributed by atoms with E-state index in [0.29, 0.717) is 6.61 Å². The van der Waals surface area contributed by atoms with Gasteiger partial charge < -0.3 is 9.84 Å². The number of aliphatic hydroxyl groups excluding tert-OH is 1. The number of nitriles is 1. The molecule has 1 rings (SSSR count). The van der Waals surface area contributed by atoms with Crippen LogP contribution in [0.1, 0.15) is 31.2 Å². The van der Waals surface area contributed by atoms with Gasteiger partial charge in [0, 0.05) is 6.61 Å². The summed E-state index contributed by atoms with van der Waals surface area (Å²) < 4.78 is 18.6. The van der Waals surface area contributed by atoms with Crippen LogP contribution in [0.15, 0.2) is 18.2 Å². The fraction of sp³-hybridized carbons (Fsp3) is 0.462. The second-order valence-electron chi connectivity index (χ2n) is 3.74. The van der Waals surface area contributed by atoms with Crippen LogP contribution in [0.2, 0.25) is 0 Å². The molecule has 1 aromatic rings. The molecule has 0 aliphatic rings. The van der Waals surface area contributed by atoms with Crippen LogP contribution in [0.5, 0.6) is 5.75 Å². The summed E-state index contributed by atoms with van der Waals surface area (Å²) in [5.74, 6) is -0.314. The molecule has 92 valence electrons. The molecule has 0 aromatic heterocycles. The van der Waals surface area contributed by atoms with Crippen molar-refractivity contribution in [3.05, 3.63) is 29.6 Å². The average molecular weight is 237 g/mol. The number of aliphatic hydroxyl groups is 1. The van der Waals surface area contributed by atoms with E-state index in [1.165, 1.54) is 18.2 Å². The molecule has 0 fully saturated rings. The number of ether oxygens (including phenoxy) is 1. The van der Waals surface area contributed by atoms with Crippen LogP contribution < -0.4 is 4.74 Å². The summed E-state index contributed by atoms with van der Waals surface area (Å²) in [6, 6.07) is 6.04. The van der Waals surface area contributed by atoms with E-state index < -0.39 is 5.82 Å². The lowest BCUT2D eigenvalue weighted by atomic mass is 10.2. The molecule has 0 saturated heterocycles. The highest BCUT2D eigenvalue weighted by Gasteiger charge is 2.04. The number of rotatable bonds is 7. The quantitative estimate of drug-likeness (QED) is 0.742. The first-order valence-corrected chi connectivity index (χ1v) is 5.71. The molecule has 3 nitrogen and oxygen atoms in total. The molecule has 4 heteroatoms. The molecule has 17 heavy (non-hydrogen) atoms. The van der Waals surface area contributed by atoms with Crippen molar-refractivity contribution in [3.63, 3.8) is 0 Å². The van der Waals surface area contributed by atoms with Gasteiger partial charge in [0.15, 0.2) is 11.6 Å². The minimum atomic E-state index is -0.501. The first-order valence-electron chi connectivity index (χ1n) is 5.71. The molecular formula is C13H16FNO2. The van der Waals surface area contributed by atoms with Crippen molar-refractivity contribution in [2.75, 3.05) is 13.2 Å². The van der Waals surface area contributed by atoms with Crippen molar-refractivity contribution in [2.24, 2.45) is 0 Å². The molecule has 0 spiro atoms. The summed E-state index contributed by atoms with van der Waals surface area (Å²) in [5, 5.41) is 17.2. The van der Waals surface area contributed by atoms with Gasteiger partial charge in [0.1, 0.15) is 0 Å². The molecule has 0 bridgehead atoms. The van der Waals surface area contributed by atoms with Crippen LogP contribution in [0.4, 0.5) is 4.39 Å². The Morgan fingerprint density at radius 1 is 1.24 bits per heavy atom. The second-order valence-corrected chi connectivity index (χ2v) is 3.74. The van der Waals surface area contributed by atoms with Crippen molar-refractivity contribution in [1.29, 1.82) is 5.26 Å². The maximum atomic E-state index is 13.4. The molecule has 1 aromatic carbocycles. The highest BCUT2D eigenvalue weighted by molar-refractivity contribution is 5.35. The normalized spacial score (nSPS) is 9.94. The third-order valence-corrected chi connectivity index (χ3v) is 2.37. The zero-order chi connectivity index (χ0) is 12.5. The highest BCUT2D eigenvalue weighted by Crippen LogP contribution is 2.18. The largest absolute Gasteiger partial charge is 0.491 e. The first-order chi connectivity index (χ1) is 8.27. The van der Waals surface area contributed by atoms with E-state index in [1.807, 2.05) is 6.07 Å². The van der Waals surface area contributed by atoms with Crippen LogP contribution in [-0.4, -0.2) is 18.3 Å². The molecule has 0 saturated carbocycles. The number of hydrogen-bond donors (Lipinski definition) is 1. The molecular weight excluding hydrogens is 221 g/mol. The van der Waals surface area contributed by atoms with Gasteiger partial charge in [-0.15, -0.1) is 0 Å². The van der Waals surface area contributed by atoms with Crippen molar-refractivity contribution < 1.29 is 14.2 Å². The molecule has 0 unspecified atom stereocenters. The van der Waals surface area contributed by atoms with Gasteiger partial charge >= 0.3 is 0 Å². The molecule has 0 aliphatic carbocycles. The van der Waals surface area contributed by atoms with Gasteiger partial charge in [-0.3, -0.25) is 0 Å². The van der Waals surface area contributed by atoms with Gasteiger partial charge in [-0.25, -0.2) is 4.39 Å². The number of hydrogen-bond acceptors (Lipinski definition) is 3. The lowest BCUT2D eigenvalue weighted by Gasteiger charge is -2.06. The molecule has 1 N–H and O–H groups in total. The van der Waals surface area contributed by atoms with E-state index >= 15 is 0 Å². The van der Waals surface area contributed by atoms with Gasteiger partial charge in [0.05, 0.1) is 18.2 Å². The van der Waals surface area contributed by atoms with Gasteiger partial charge in [0.25, 0.3) is 0 Å². The Kier molecular flexibility index (Phi) is 6.05. The average Bonchev–Trinajstić information content (AvgIpc) is 2.35. The fourth-order valence-corrected chi connectivity index (χ4v) is 1.44. The third-order valence-electron chi connectivity index (χ3n) is 2.37. The standard InChI is InChI=1S/C13H16FNO2/c14-12-9-11(10-15)5-6-13(12)17-8-4-2-1-3-7-16/h5-6,9,16H,1-4,7-8H2. The van der Waals surface area contributed by atoms with Gasteiger partial charge in [-0.1, -0.05) is 6.42 Å². The molecule has 0 amide bonds. The minimum Gasteiger partial charge on any atom is -0.491 e. The van der Waals surface area contributed by atoms with Crippen molar-refractivity contribution in [2.45, 2.75) is 25.7 Å². The SMILES string of the molecule is N#Cc1ccc(OCCCCCCO)c(F)c1. The van der Waals surface area contributed by atoms with Gasteiger partial charge in [-0.2, -0.15) is 5.26 Å². The summed E-state index contributed by atoms with van der Waals surface area (Å²) in [7, 11) is 0. The maximum Gasteiger partial charge on any atom is 0.166 e. The van der Waals surface area contributed by atoms with Crippen LogP contribution in [-0.2, 0) is 0 Å². The van der Waals surface area contributed by atoms with Gasteiger partial charge in [0.2, 0.25) is 0 Å². The number of unbranched alkanes of at least 4 members (excludes halogenated alkanes) is 3. The van der Waals surface area contributed by atoms with Crippen LogP contribution in [0, 0.1) is 17.1 Å².